The summed E-state index contributed by atoms with van der Waals surface area (Å²) in [7, 11) is 0. The second-order valence-corrected chi connectivity index (χ2v) is 12.9. The largest absolute Gasteiger partial charge is 0.436 e. The van der Waals surface area contributed by atoms with E-state index < -0.39 is 12.2 Å². The number of rotatable bonds is 6. The number of hydrogen-bond donors (Lipinski definition) is 2. The minimum Gasteiger partial charge on any atom is -0.436 e. The molecule has 6 rings (SSSR count). The van der Waals surface area contributed by atoms with Gasteiger partial charge in [0.1, 0.15) is 0 Å². The standard InChI is InChI=1S/C32H39Cl2N5O4.CH4/c33-25-6-5-21(19-26(25)34)20-29(30(40)37-15-9-23(10-16-37)22-7-13-35-14-8-22)43-32(42)38-17-11-24(12-18-38)39-28-4-2-1-3-27(28)36-31(39)41;/h1-6,19,22-24,29,35H,7-18,20H2,(H,36,41);1H4/t29-;/m1./s1. The molecule has 3 saturated heterocycles. The molecule has 0 aliphatic carbocycles. The van der Waals surface area contributed by atoms with Crippen molar-refractivity contribution in [1.82, 2.24) is 24.7 Å². The van der Waals surface area contributed by atoms with Crippen LogP contribution in [0.2, 0.25) is 10.0 Å². The summed E-state index contributed by atoms with van der Waals surface area (Å²) in [6.07, 6.45) is 4.33. The van der Waals surface area contributed by atoms with Crippen LogP contribution in [0.25, 0.3) is 11.0 Å². The van der Waals surface area contributed by atoms with Crippen molar-refractivity contribution in [2.75, 3.05) is 39.3 Å². The smallest absolute Gasteiger partial charge is 0.410 e. The Balaban J connectivity index is 0.00000384. The third-order valence-electron chi connectivity index (χ3n) is 9.54. The topological polar surface area (TPSA) is 99.7 Å². The minimum atomic E-state index is -0.964. The molecule has 0 radical (unpaired) electrons. The molecular weight excluding hydrogens is 601 g/mol. The Kier molecular flexibility index (Phi) is 10.6. The molecule has 3 aliphatic heterocycles. The minimum absolute atomic E-state index is 0. The van der Waals surface area contributed by atoms with Crippen LogP contribution in [0.15, 0.2) is 47.3 Å². The number of carbonyl (C=O) groups is 2. The highest BCUT2D eigenvalue weighted by Gasteiger charge is 2.35. The fourth-order valence-electron chi connectivity index (χ4n) is 7.11. The lowest BCUT2D eigenvalue weighted by Gasteiger charge is -2.39. The van der Waals surface area contributed by atoms with Gasteiger partial charge in [-0.15, -0.1) is 0 Å². The molecule has 3 aromatic rings. The van der Waals surface area contributed by atoms with Crippen molar-refractivity contribution in [3.63, 3.8) is 0 Å². The number of halogens is 2. The number of nitrogens with one attached hydrogen (secondary N) is 2. The quantitative estimate of drug-likeness (QED) is 0.349. The molecule has 1 atom stereocenters. The van der Waals surface area contributed by atoms with E-state index in [-0.39, 0.29) is 31.5 Å². The van der Waals surface area contributed by atoms with Gasteiger partial charge in [0.15, 0.2) is 6.10 Å². The molecule has 0 spiro atoms. The van der Waals surface area contributed by atoms with Crippen LogP contribution < -0.4 is 11.0 Å². The van der Waals surface area contributed by atoms with Crippen LogP contribution in [0, 0.1) is 11.8 Å². The molecule has 2 aromatic carbocycles. The van der Waals surface area contributed by atoms with Crippen LogP contribution in [-0.4, -0.2) is 76.7 Å². The van der Waals surface area contributed by atoms with E-state index >= 15 is 0 Å². The zero-order valence-electron chi connectivity index (χ0n) is 24.3. The number of carbonyl (C=O) groups excluding carboxylic acids is 2. The van der Waals surface area contributed by atoms with Gasteiger partial charge >= 0.3 is 11.8 Å². The number of para-hydroxylation sites is 2. The second kappa shape index (κ2) is 14.4. The third kappa shape index (κ3) is 7.11. The number of benzene rings is 2. The monoisotopic (exact) mass is 643 g/mol. The van der Waals surface area contributed by atoms with Crippen LogP contribution in [0.1, 0.15) is 57.6 Å². The van der Waals surface area contributed by atoms with Gasteiger partial charge in [0.25, 0.3) is 5.91 Å². The first-order valence-electron chi connectivity index (χ1n) is 15.5. The van der Waals surface area contributed by atoms with E-state index in [1.165, 1.54) is 12.8 Å². The van der Waals surface area contributed by atoms with Crippen molar-refractivity contribution in [2.45, 2.75) is 64.5 Å². The van der Waals surface area contributed by atoms with Gasteiger partial charge in [0.2, 0.25) is 0 Å². The molecule has 238 valence electrons. The number of fused-ring (bicyclic) bond motifs is 1. The Hall–Kier alpha value is -3.01. The van der Waals surface area contributed by atoms with Crippen LogP contribution in [0.3, 0.4) is 0 Å². The summed E-state index contributed by atoms with van der Waals surface area (Å²) < 4.78 is 7.77. The van der Waals surface area contributed by atoms with Crippen molar-refractivity contribution in [1.29, 1.82) is 0 Å². The average Bonchev–Trinajstić information content (AvgIpc) is 3.38. The Morgan fingerprint density at radius 2 is 1.52 bits per heavy atom. The van der Waals surface area contributed by atoms with Crippen LogP contribution >= 0.6 is 23.2 Å². The molecule has 44 heavy (non-hydrogen) atoms. The zero-order valence-corrected chi connectivity index (χ0v) is 25.8. The molecule has 3 aliphatic rings. The number of imidazole rings is 1. The first-order valence-corrected chi connectivity index (χ1v) is 16.2. The van der Waals surface area contributed by atoms with E-state index in [2.05, 4.69) is 10.3 Å². The van der Waals surface area contributed by atoms with E-state index in [1.807, 2.05) is 35.2 Å². The number of amides is 2. The predicted octanol–water partition coefficient (Wildman–Crippen LogP) is 5.90. The third-order valence-corrected chi connectivity index (χ3v) is 10.3. The maximum atomic E-state index is 13.8. The number of likely N-dealkylation sites (tertiary alicyclic amines) is 2. The molecule has 2 amide bonds. The van der Waals surface area contributed by atoms with Gasteiger partial charge < -0.3 is 24.8 Å². The SMILES string of the molecule is C.O=C(O[C@H](Cc1ccc(Cl)c(Cl)c1)C(=O)N1CCC(C2CCNCC2)CC1)N1CCC(n2c(=O)[nH]c3ccccc32)CC1. The summed E-state index contributed by atoms with van der Waals surface area (Å²) >= 11 is 12.4. The van der Waals surface area contributed by atoms with Gasteiger partial charge in [-0.05, 0) is 93.3 Å². The lowest BCUT2D eigenvalue weighted by Crippen LogP contribution is -2.49. The van der Waals surface area contributed by atoms with Gasteiger partial charge in [-0.2, -0.15) is 0 Å². The number of hydrogen-bond acceptors (Lipinski definition) is 5. The predicted molar refractivity (Wildman–Crippen MR) is 174 cm³/mol. The number of aromatic nitrogens is 2. The van der Waals surface area contributed by atoms with Crippen molar-refractivity contribution in [3.8, 4) is 0 Å². The summed E-state index contributed by atoms with van der Waals surface area (Å²) in [4.78, 5) is 46.4. The molecule has 0 unspecified atom stereocenters. The van der Waals surface area contributed by atoms with Crippen molar-refractivity contribution in [2.24, 2.45) is 11.8 Å². The van der Waals surface area contributed by atoms with Gasteiger partial charge in [0.05, 0.1) is 21.1 Å². The Morgan fingerprint density at radius 3 is 2.23 bits per heavy atom. The Bertz CT molecular complexity index is 1500. The first kappa shape index (κ1) is 32.4. The molecule has 9 nitrogen and oxygen atoms in total. The average molecular weight is 645 g/mol. The number of nitrogens with zero attached hydrogens (tertiary/aromatic N) is 3. The summed E-state index contributed by atoms with van der Waals surface area (Å²) in [6, 6.07) is 12.9. The van der Waals surface area contributed by atoms with E-state index in [9.17, 15) is 14.4 Å². The maximum Gasteiger partial charge on any atom is 0.410 e. The molecule has 0 saturated carbocycles. The molecule has 3 fully saturated rings. The molecule has 1 aromatic heterocycles. The lowest BCUT2D eigenvalue weighted by atomic mass is 9.79. The highest BCUT2D eigenvalue weighted by atomic mass is 35.5. The number of aromatic amines is 1. The van der Waals surface area contributed by atoms with E-state index in [1.54, 1.807) is 21.6 Å². The number of piperidine rings is 3. The van der Waals surface area contributed by atoms with Gasteiger partial charge in [0, 0.05) is 38.6 Å². The molecule has 0 bridgehead atoms. The van der Waals surface area contributed by atoms with Gasteiger partial charge in [-0.25, -0.2) is 9.59 Å². The summed E-state index contributed by atoms with van der Waals surface area (Å²) in [5.41, 5.74) is 2.31. The normalized spacial score (nSPS) is 19.5. The molecule has 11 heteroatoms. The van der Waals surface area contributed by atoms with Crippen LogP contribution in [0.4, 0.5) is 4.79 Å². The second-order valence-electron chi connectivity index (χ2n) is 12.1. The highest BCUT2D eigenvalue weighted by Crippen LogP contribution is 2.32. The maximum absolute atomic E-state index is 13.8. The molecule has 4 heterocycles. The Morgan fingerprint density at radius 1 is 0.864 bits per heavy atom. The zero-order chi connectivity index (χ0) is 29.9. The highest BCUT2D eigenvalue weighted by molar-refractivity contribution is 6.42. The number of ether oxygens (including phenoxy) is 1. The fraction of sp³-hybridized carbons (Fsp3) is 0.545. The summed E-state index contributed by atoms with van der Waals surface area (Å²) in [5, 5.41) is 4.27. The number of H-pyrrole nitrogens is 1. The van der Waals surface area contributed by atoms with Crippen molar-refractivity contribution < 1.29 is 14.3 Å². The molecular formula is C33H43Cl2N5O4. The van der Waals surface area contributed by atoms with Crippen molar-refractivity contribution >= 4 is 46.2 Å². The summed E-state index contributed by atoms with van der Waals surface area (Å²) in [6.45, 7) is 4.36. The molecule has 2 N–H and O–H groups in total. The fourth-order valence-corrected chi connectivity index (χ4v) is 7.43. The van der Waals surface area contributed by atoms with E-state index in [0.29, 0.717) is 60.9 Å². The van der Waals surface area contributed by atoms with E-state index in [4.69, 9.17) is 27.9 Å². The summed E-state index contributed by atoms with van der Waals surface area (Å²) in [5.74, 6) is 1.18. The van der Waals surface area contributed by atoms with Crippen LogP contribution in [0.5, 0.6) is 0 Å². The van der Waals surface area contributed by atoms with Gasteiger partial charge in [-0.3, -0.25) is 9.36 Å². The first-order chi connectivity index (χ1) is 20.9. The van der Waals surface area contributed by atoms with Crippen LogP contribution in [-0.2, 0) is 16.0 Å². The van der Waals surface area contributed by atoms with Gasteiger partial charge in [-0.1, -0.05) is 48.8 Å². The Labute approximate surface area is 268 Å². The lowest BCUT2D eigenvalue weighted by molar-refractivity contribution is -0.142. The van der Waals surface area contributed by atoms with Crippen molar-refractivity contribution in [3.05, 3.63) is 68.6 Å². The van der Waals surface area contributed by atoms with E-state index in [0.717, 1.165) is 42.5 Å².